The molecule has 0 spiro atoms. The summed E-state index contributed by atoms with van der Waals surface area (Å²) < 4.78 is 1.51. The molecule has 7 nitrogen and oxygen atoms in total. The van der Waals surface area contributed by atoms with Crippen molar-refractivity contribution in [3.05, 3.63) is 61.7 Å². The van der Waals surface area contributed by atoms with Gasteiger partial charge in [0, 0.05) is 18.2 Å². The largest absolute Gasteiger partial charge is 0.370 e. The van der Waals surface area contributed by atoms with Crippen molar-refractivity contribution in [3.63, 3.8) is 0 Å². The van der Waals surface area contributed by atoms with Crippen LogP contribution in [0.2, 0.25) is 0 Å². The predicted octanol–water partition coefficient (Wildman–Crippen LogP) is 1.87. The van der Waals surface area contributed by atoms with Crippen molar-refractivity contribution in [1.29, 1.82) is 0 Å². The Labute approximate surface area is 126 Å². The Hall–Kier alpha value is -2.70. The molecule has 1 aliphatic rings. The van der Waals surface area contributed by atoms with Gasteiger partial charge in [-0.05, 0) is 25.3 Å². The van der Waals surface area contributed by atoms with E-state index in [9.17, 15) is 14.9 Å². The van der Waals surface area contributed by atoms with Crippen molar-refractivity contribution in [2.75, 3.05) is 11.9 Å². The molecule has 0 aliphatic carbocycles. The van der Waals surface area contributed by atoms with Crippen molar-refractivity contribution in [1.82, 2.24) is 9.55 Å². The third-order valence-electron chi connectivity index (χ3n) is 3.98. The normalized spacial score (nSPS) is 13.3. The summed E-state index contributed by atoms with van der Waals surface area (Å²) in [5.41, 5.74) is 2.01. The summed E-state index contributed by atoms with van der Waals surface area (Å²) in [5.74, 6) is 0.656. The van der Waals surface area contributed by atoms with E-state index in [0.29, 0.717) is 23.4 Å². The van der Waals surface area contributed by atoms with Crippen LogP contribution in [0.1, 0.15) is 23.1 Å². The first-order chi connectivity index (χ1) is 10.6. The summed E-state index contributed by atoms with van der Waals surface area (Å²) in [7, 11) is 0. The van der Waals surface area contributed by atoms with Gasteiger partial charge >= 0.3 is 0 Å². The Kier molecular flexibility index (Phi) is 3.62. The van der Waals surface area contributed by atoms with Crippen LogP contribution in [0.5, 0.6) is 0 Å². The van der Waals surface area contributed by atoms with Gasteiger partial charge in [0.25, 0.3) is 11.2 Å². The average Bonchev–Trinajstić information content (AvgIpc) is 2.52. The molecule has 0 saturated carbocycles. The summed E-state index contributed by atoms with van der Waals surface area (Å²) in [6.07, 6.45) is 3.12. The SMILES string of the molecule is Cc1c(Cn2cnc3c(c2=O)CCCN3)cccc1[N+](=O)[O-]. The molecule has 1 N–H and O–H groups in total. The maximum absolute atomic E-state index is 12.5. The molecule has 22 heavy (non-hydrogen) atoms. The number of anilines is 1. The second-order valence-electron chi connectivity index (χ2n) is 5.35. The molecule has 0 fully saturated rings. The molecule has 0 amide bonds. The Balaban J connectivity index is 1.99. The van der Waals surface area contributed by atoms with Gasteiger partial charge in [0.15, 0.2) is 0 Å². The minimum Gasteiger partial charge on any atom is -0.370 e. The molecule has 1 aromatic carbocycles. The van der Waals surface area contributed by atoms with E-state index in [1.165, 1.54) is 17.0 Å². The number of nitrogens with zero attached hydrogens (tertiary/aromatic N) is 3. The first-order valence-corrected chi connectivity index (χ1v) is 7.13. The number of hydrogen-bond acceptors (Lipinski definition) is 5. The molecule has 2 aromatic rings. The smallest absolute Gasteiger partial charge is 0.272 e. The van der Waals surface area contributed by atoms with Gasteiger partial charge in [-0.2, -0.15) is 0 Å². The third kappa shape index (κ3) is 2.45. The van der Waals surface area contributed by atoms with E-state index in [1.54, 1.807) is 19.1 Å². The summed E-state index contributed by atoms with van der Waals surface area (Å²) in [5, 5.41) is 14.1. The lowest BCUT2D eigenvalue weighted by atomic mass is 10.1. The number of hydrogen-bond donors (Lipinski definition) is 1. The number of aromatic nitrogens is 2. The van der Waals surface area contributed by atoms with E-state index < -0.39 is 4.92 Å². The lowest BCUT2D eigenvalue weighted by molar-refractivity contribution is -0.385. The van der Waals surface area contributed by atoms with Crippen LogP contribution in [0, 0.1) is 17.0 Å². The number of rotatable bonds is 3. The molecular weight excluding hydrogens is 284 g/mol. The maximum atomic E-state index is 12.5. The quantitative estimate of drug-likeness (QED) is 0.690. The zero-order valence-electron chi connectivity index (χ0n) is 12.2. The van der Waals surface area contributed by atoms with E-state index in [4.69, 9.17) is 0 Å². The highest BCUT2D eigenvalue weighted by Gasteiger charge is 2.17. The van der Waals surface area contributed by atoms with E-state index in [1.807, 2.05) is 0 Å². The van der Waals surface area contributed by atoms with Crippen LogP contribution < -0.4 is 10.9 Å². The van der Waals surface area contributed by atoms with Crippen LogP contribution in [-0.4, -0.2) is 21.0 Å². The van der Waals surface area contributed by atoms with Gasteiger partial charge in [0.1, 0.15) is 12.1 Å². The first-order valence-electron chi connectivity index (χ1n) is 7.13. The summed E-state index contributed by atoms with van der Waals surface area (Å²) >= 11 is 0. The molecule has 1 aliphatic heterocycles. The number of nitrogens with one attached hydrogen (secondary N) is 1. The van der Waals surface area contributed by atoms with Crippen LogP contribution in [0.4, 0.5) is 11.5 Å². The van der Waals surface area contributed by atoms with Crippen LogP contribution in [0.15, 0.2) is 29.3 Å². The minimum atomic E-state index is -0.406. The number of nitro groups is 1. The second-order valence-corrected chi connectivity index (χ2v) is 5.35. The van der Waals surface area contributed by atoms with Gasteiger partial charge < -0.3 is 5.32 Å². The Morgan fingerprint density at radius 3 is 3.05 bits per heavy atom. The molecule has 0 bridgehead atoms. The van der Waals surface area contributed by atoms with Crippen molar-refractivity contribution >= 4 is 11.5 Å². The number of benzene rings is 1. The van der Waals surface area contributed by atoms with Gasteiger partial charge in [0.05, 0.1) is 17.0 Å². The first kappa shape index (κ1) is 14.2. The molecule has 0 saturated heterocycles. The molecule has 2 heterocycles. The Morgan fingerprint density at radius 1 is 1.45 bits per heavy atom. The highest BCUT2D eigenvalue weighted by Crippen LogP contribution is 2.22. The second kappa shape index (κ2) is 5.59. The molecular formula is C15H16N4O3. The van der Waals surface area contributed by atoms with Crippen molar-refractivity contribution < 1.29 is 4.92 Å². The summed E-state index contributed by atoms with van der Waals surface area (Å²) in [6.45, 7) is 2.81. The topological polar surface area (TPSA) is 90.1 Å². The van der Waals surface area contributed by atoms with E-state index in [2.05, 4.69) is 10.3 Å². The monoisotopic (exact) mass is 300 g/mol. The summed E-state index contributed by atoms with van der Waals surface area (Å²) in [4.78, 5) is 27.4. The molecule has 1 aromatic heterocycles. The van der Waals surface area contributed by atoms with Gasteiger partial charge in [0.2, 0.25) is 0 Å². The maximum Gasteiger partial charge on any atom is 0.272 e. The fraction of sp³-hybridized carbons (Fsp3) is 0.333. The molecule has 0 radical (unpaired) electrons. The minimum absolute atomic E-state index is 0.0677. The summed E-state index contributed by atoms with van der Waals surface area (Å²) in [6, 6.07) is 4.90. The van der Waals surface area contributed by atoms with Gasteiger partial charge in [-0.15, -0.1) is 0 Å². The third-order valence-corrected chi connectivity index (χ3v) is 3.98. The van der Waals surface area contributed by atoms with E-state index >= 15 is 0 Å². The predicted molar refractivity (Wildman–Crippen MR) is 82.2 cm³/mol. The lowest BCUT2D eigenvalue weighted by Crippen LogP contribution is -2.29. The van der Waals surface area contributed by atoms with Crippen molar-refractivity contribution in [2.45, 2.75) is 26.3 Å². The molecule has 114 valence electrons. The van der Waals surface area contributed by atoms with Gasteiger partial charge in [-0.1, -0.05) is 12.1 Å². The number of nitro benzene ring substituents is 1. The van der Waals surface area contributed by atoms with Crippen molar-refractivity contribution in [2.24, 2.45) is 0 Å². The standard InChI is InChI=1S/C15H16N4O3/c1-10-11(4-2-6-13(10)19(21)22)8-18-9-17-14-12(15(18)20)5-3-7-16-14/h2,4,6,9,16H,3,5,7-8H2,1H3. The molecule has 0 unspecified atom stereocenters. The molecule has 0 atom stereocenters. The van der Waals surface area contributed by atoms with E-state index in [-0.39, 0.29) is 17.8 Å². The van der Waals surface area contributed by atoms with Crippen LogP contribution in [-0.2, 0) is 13.0 Å². The van der Waals surface area contributed by atoms with Crippen LogP contribution in [0.3, 0.4) is 0 Å². The van der Waals surface area contributed by atoms with Crippen molar-refractivity contribution in [3.8, 4) is 0 Å². The zero-order chi connectivity index (χ0) is 15.7. The van der Waals surface area contributed by atoms with E-state index in [0.717, 1.165) is 18.5 Å². The zero-order valence-corrected chi connectivity index (χ0v) is 12.2. The number of fused-ring (bicyclic) bond motifs is 1. The van der Waals surface area contributed by atoms with Gasteiger partial charge in [-0.3, -0.25) is 19.5 Å². The van der Waals surface area contributed by atoms with Crippen LogP contribution in [0.25, 0.3) is 0 Å². The van der Waals surface area contributed by atoms with Gasteiger partial charge in [-0.25, -0.2) is 4.98 Å². The van der Waals surface area contributed by atoms with Crippen LogP contribution >= 0.6 is 0 Å². The average molecular weight is 300 g/mol. The highest BCUT2D eigenvalue weighted by atomic mass is 16.6. The fourth-order valence-corrected chi connectivity index (χ4v) is 2.72. The lowest BCUT2D eigenvalue weighted by Gasteiger charge is -2.17. The Morgan fingerprint density at radius 2 is 2.27 bits per heavy atom. The molecule has 7 heteroatoms. The molecule has 3 rings (SSSR count). The Bertz CT molecular complexity index is 798. The fourth-order valence-electron chi connectivity index (χ4n) is 2.72. The highest BCUT2D eigenvalue weighted by molar-refractivity contribution is 5.46.